The fourth-order valence-electron chi connectivity index (χ4n) is 3.93. The summed E-state index contributed by atoms with van der Waals surface area (Å²) in [6, 6.07) is 5.16. The number of aliphatic hydroxyl groups excluding tert-OH is 1. The molecule has 4 rings (SSSR count). The highest BCUT2D eigenvalue weighted by Gasteiger charge is 2.21. The number of allylic oxidation sites excluding steroid dienone is 2. The summed E-state index contributed by atoms with van der Waals surface area (Å²) in [5, 5.41) is 13.0. The first-order valence-corrected chi connectivity index (χ1v) is 10.2. The number of para-hydroxylation sites is 1. The number of H-pyrrole nitrogens is 1. The first kappa shape index (κ1) is 20.3. The number of aromatic nitrogens is 2. The number of nitrogens with zero attached hydrogens (tertiary/aromatic N) is 2. The van der Waals surface area contributed by atoms with Crippen LogP contribution in [0.25, 0.3) is 11.0 Å². The standard InChI is InChI=1S/C22H26N4O4/c27-17(13-26-9-8-15-4-1-2-5-16(15)12-26)10-24-21(29)14-30-19-7-3-6-18-22(19)25-20(28)11-23-18/h1,3-4,6-7,11,17,27H,2,5,8-10,12-14H2,(H,24,29)(H,25,28). The molecule has 0 bridgehead atoms. The minimum atomic E-state index is -0.645. The maximum Gasteiger partial charge on any atom is 0.266 e. The molecule has 30 heavy (non-hydrogen) atoms. The number of rotatable bonds is 7. The lowest BCUT2D eigenvalue weighted by Gasteiger charge is -2.32. The number of carbonyl (C=O) groups excluding carboxylic acids is 1. The van der Waals surface area contributed by atoms with Gasteiger partial charge in [-0.1, -0.05) is 23.8 Å². The van der Waals surface area contributed by atoms with Gasteiger partial charge in [0.05, 0.1) is 17.8 Å². The topological polar surface area (TPSA) is 108 Å². The molecule has 158 valence electrons. The number of nitrogens with one attached hydrogen (secondary N) is 2. The number of β-amino-alcohol motifs (C(OH)–C–C–N with tert-alkyl or cyclic N) is 1. The molecule has 1 aromatic carbocycles. The van der Waals surface area contributed by atoms with Crippen LogP contribution in [-0.2, 0) is 4.79 Å². The minimum absolute atomic E-state index is 0.165. The molecule has 1 aromatic heterocycles. The Labute approximate surface area is 174 Å². The van der Waals surface area contributed by atoms with Crippen molar-refractivity contribution in [2.24, 2.45) is 0 Å². The van der Waals surface area contributed by atoms with Crippen LogP contribution in [0.4, 0.5) is 0 Å². The van der Waals surface area contributed by atoms with Gasteiger partial charge in [-0.25, -0.2) is 4.98 Å². The molecule has 1 aliphatic carbocycles. The maximum atomic E-state index is 12.1. The highest BCUT2D eigenvalue weighted by Crippen LogP contribution is 2.26. The summed E-state index contributed by atoms with van der Waals surface area (Å²) in [5.41, 5.74) is 3.61. The number of benzene rings is 1. The minimum Gasteiger partial charge on any atom is -0.482 e. The maximum absolute atomic E-state index is 12.1. The molecule has 0 fully saturated rings. The molecule has 0 saturated heterocycles. The third-order valence-corrected chi connectivity index (χ3v) is 5.43. The second-order valence-corrected chi connectivity index (χ2v) is 7.70. The van der Waals surface area contributed by atoms with E-state index >= 15 is 0 Å². The lowest BCUT2D eigenvalue weighted by Crippen LogP contribution is -2.43. The number of amides is 1. The molecule has 0 spiro atoms. The molecule has 1 aliphatic heterocycles. The third-order valence-electron chi connectivity index (χ3n) is 5.43. The first-order valence-electron chi connectivity index (χ1n) is 10.2. The van der Waals surface area contributed by atoms with Crippen molar-refractivity contribution in [1.29, 1.82) is 0 Å². The molecular formula is C22H26N4O4. The second kappa shape index (κ2) is 9.23. The molecule has 0 saturated carbocycles. The Morgan fingerprint density at radius 3 is 3.17 bits per heavy atom. The Hall–Kier alpha value is -2.97. The Bertz CT molecular complexity index is 1040. The monoisotopic (exact) mass is 410 g/mol. The number of ether oxygens (including phenoxy) is 1. The van der Waals surface area contributed by atoms with Crippen LogP contribution in [-0.4, -0.2) is 64.8 Å². The van der Waals surface area contributed by atoms with Crippen molar-refractivity contribution in [3.63, 3.8) is 0 Å². The van der Waals surface area contributed by atoms with Gasteiger partial charge in [0.25, 0.3) is 11.5 Å². The molecule has 8 nitrogen and oxygen atoms in total. The first-order chi connectivity index (χ1) is 14.6. The van der Waals surface area contributed by atoms with Gasteiger partial charge in [-0.05, 0) is 37.0 Å². The van der Waals surface area contributed by atoms with E-state index in [-0.39, 0.29) is 24.6 Å². The van der Waals surface area contributed by atoms with Crippen molar-refractivity contribution >= 4 is 16.9 Å². The Morgan fingerprint density at radius 1 is 1.37 bits per heavy atom. The molecule has 1 amide bonds. The van der Waals surface area contributed by atoms with E-state index in [1.54, 1.807) is 18.2 Å². The van der Waals surface area contributed by atoms with Crippen molar-refractivity contribution in [1.82, 2.24) is 20.2 Å². The number of hydrogen-bond acceptors (Lipinski definition) is 6. The van der Waals surface area contributed by atoms with E-state index in [0.29, 0.717) is 23.3 Å². The summed E-state index contributed by atoms with van der Waals surface area (Å²) >= 11 is 0. The number of hydrogen-bond donors (Lipinski definition) is 3. The SMILES string of the molecule is O=C(COc1cccc2ncc(=O)[nH]c12)NCC(O)CN1CCC2=C(CCC=C2)C1. The van der Waals surface area contributed by atoms with E-state index in [1.165, 1.54) is 17.3 Å². The zero-order valence-electron chi connectivity index (χ0n) is 16.8. The molecule has 8 heteroatoms. The van der Waals surface area contributed by atoms with Gasteiger partial charge < -0.3 is 20.1 Å². The van der Waals surface area contributed by atoms with Crippen molar-refractivity contribution in [3.05, 3.63) is 58.0 Å². The predicted octanol–water partition coefficient (Wildman–Crippen LogP) is 1.13. The summed E-state index contributed by atoms with van der Waals surface area (Å²) in [4.78, 5) is 32.6. The molecule has 0 radical (unpaired) electrons. The largest absolute Gasteiger partial charge is 0.482 e. The van der Waals surface area contributed by atoms with Crippen LogP contribution in [0.3, 0.4) is 0 Å². The van der Waals surface area contributed by atoms with E-state index in [1.807, 2.05) is 0 Å². The van der Waals surface area contributed by atoms with Gasteiger partial charge in [0.1, 0.15) is 11.3 Å². The number of fused-ring (bicyclic) bond motifs is 1. The van der Waals surface area contributed by atoms with E-state index in [2.05, 4.69) is 32.3 Å². The molecule has 2 aromatic rings. The van der Waals surface area contributed by atoms with Crippen LogP contribution < -0.4 is 15.6 Å². The van der Waals surface area contributed by atoms with Crippen LogP contribution in [0, 0.1) is 0 Å². The van der Waals surface area contributed by atoms with Crippen LogP contribution in [0.15, 0.2) is 52.5 Å². The fourth-order valence-corrected chi connectivity index (χ4v) is 3.93. The lowest BCUT2D eigenvalue weighted by atomic mass is 9.92. The summed E-state index contributed by atoms with van der Waals surface area (Å²) in [5.74, 6) is 0.0469. The van der Waals surface area contributed by atoms with E-state index in [9.17, 15) is 14.7 Å². The highest BCUT2D eigenvalue weighted by atomic mass is 16.5. The molecule has 2 heterocycles. The van der Waals surface area contributed by atoms with Crippen molar-refractivity contribution in [2.75, 3.05) is 32.8 Å². The summed E-state index contributed by atoms with van der Waals surface area (Å²) < 4.78 is 5.55. The van der Waals surface area contributed by atoms with Crippen LogP contribution in [0.5, 0.6) is 5.75 Å². The van der Waals surface area contributed by atoms with E-state index in [0.717, 1.165) is 32.4 Å². The van der Waals surface area contributed by atoms with Gasteiger partial charge in [-0.2, -0.15) is 0 Å². The Balaban J connectivity index is 1.23. The summed E-state index contributed by atoms with van der Waals surface area (Å²) in [6.45, 7) is 2.29. The van der Waals surface area contributed by atoms with Gasteiger partial charge in [0.15, 0.2) is 6.61 Å². The van der Waals surface area contributed by atoms with Crippen LogP contribution >= 0.6 is 0 Å². The smallest absolute Gasteiger partial charge is 0.266 e. The van der Waals surface area contributed by atoms with Gasteiger partial charge in [0, 0.05) is 26.2 Å². The number of carbonyl (C=O) groups is 1. The molecule has 1 unspecified atom stereocenters. The molecule has 1 atom stereocenters. The zero-order valence-corrected chi connectivity index (χ0v) is 16.8. The average Bonchev–Trinajstić information content (AvgIpc) is 2.76. The number of aliphatic hydroxyl groups is 1. The molecular weight excluding hydrogens is 384 g/mol. The summed E-state index contributed by atoms with van der Waals surface area (Å²) in [6.07, 6.45) is 8.22. The molecule has 3 N–H and O–H groups in total. The lowest BCUT2D eigenvalue weighted by molar-refractivity contribution is -0.123. The Kier molecular flexibility index (Phi) is 6.25. The quantitative estimate of drug-likeness (QED) is 0.632. The highest BCUT2D eigenvalue weighted by molar-refractivity contribution is 5.82. The zero-order chi connectivity index (χ0) is 20.9. The Morgan fingerprint density at radius 2 is 2.27 bits per heavy atom. The number of aromatic amines is 1. The van der Waals surface area contributed by atoms with Gasteiger partial charge in [-0.3, -0.25) is 14.5 Å². The van der Waals surface area contributed by atoms with Crippen molar-refractivity contribution in [3.8, 4) is 5.75 Å². The van der Waals surface area contributed by atoms with Crippen molar-refractivity contribution < 1.29 is 14.6 Å². The summed E-state index contributed by atoms with van der Waals surface area (Å²) in [7, 11) is 0. The second-order valence-electron chi connectivity index (χ2n) is 7.70. The van der Waals surface area contributed by atoms with Gasteiger partial charge in [0.2, 0.25) is 0 Å². The normalized spacial score (nSPS) is 17.6. The predicted molar refractivity (Wildman–Crippen MR) is 113 cm³/mol. The average molecular weight is 410 g/mol. The van der Waals surface area contributed by atoms with E-state index in [4.69, 9.17) is 4.74 Å². The molecule has 2 aliphatic rings. The van der Waals surface area contributed by atoms with Crippen LogP contribution in [0.1, 0.15) is 19.3 Å². The van der Waals surface area contributed by atoms with E-state index < -0.39 is 6.10 Å². The van der Waals surface area contributed by atoms with Gasteiger partial charge in [-0.15, -0.1) is 0 Å². The van der Waals surface area contributed by atoms with Crippen molar-refractivity contribution in [2.45, 2.75) is 25.4 Å². The third kappa shape index (κ3) is 4.95. The van der Waals surface area contributed by atoms with Crippen LogP contribution in [0.2, 0.25) is 0 Å². The van der Waals surface area contributed by atoms with Gasteiger partial charge >= 0.3 is 0 Å². The fraction of sp³-hybridized carbons (Fsp3) is 0.409.